The Morgan fingerprint density at radius 2 is 2.14 bits per heavy atom. The topological polar surface area (TPSA) is 17.1 Å². The summed E-state index contributed by atoms with van der Waals surface area (Å²) in [5, 5.41) is 0. The van der Waals surface area contributed by atoms with E-state index < -0.39 is 0 Å². The summed E-state index contributed by atoms with van der Waals surface area (Å²) in [6, 6.07) is 2.03. The zero-order chi connectivity index (χ0) is 10.1. The molecule has 1 aromatic heterocycles. The third kappa shape index (κ3) is 1.94. The number of aryl methyl sites for hydroxylation is 1. The van der Waals surface area contributed by atoms with Gasteiger partial charge in [0, 0.05) is 15.3 Å². The van der Waals surface area contributed by atoms with Crippen LogP contribution in [0.2, 0.25) is 0 Å². The van der Waals surface area contributed by atoms with Crippen molar-refractivity contribution in [2.24, 2.45) is 5.92 Å². The highest BCUT2D eigenvalue weighted by atomic mass is 79.9. The van der Waals surface area contributed by atoms with Crippen molar-refractivity contribution in [2.75, 3.05) is 0 Å². The highest BCUT2D eigenvalue weighted by Gasteiger charge is 2.26. The third-order valence-electron chi connectivity index (χ3n) is 2.76. The Bertz CT molecular complexity index is 350. The summed E-state index contributed by atoms with van der Waals surface area (Å²) in [5.41, 5.74) is 0. The standard InChI is InChI=1S/C11H13BrOS/c1-7-6-9(12)11(14-7)10(13)8-4-2-3-5-8/h6,8H,2-5H2,1H3. The van der Waals surface area contributed by atoms with E-state index in [2.05, 4.69) is 15.9 Å². The number of carbonyl (C=O) groups is 1. The molecular weight excluding hydrogens is 260 g/mol. The second-order valence-electron chi connectivity index (χ2n) is 3.88. The molecule has 76 valence electrons. The molecule has 2 rings (SSSR count). The van der Waals surface area contributed by atoms with Crippen molar-refractivity contribution >= 4 is 33.0 Å². The summed E-state index contributed by atoms with van der Waals surface area (Å²) in [6.45, 7) is 2.04. The number of ketones is 1. The first kappa shape index (κ1) is 10.4. The number of Topliss-reactive ketones (excluding diaryl/α,β-unsaturated/α-hetero) is 1. The van der Waals surface area contributed by atoms with Crippen molar-refractivity contribution in [1.82, 2.24) is 0 Å². The molecule has 1 fully saturated rings. The Labute approximate surface area is 96.6 Å². The zero-order valence-electron chi connectivity index (χ0n) is 8.18. The van der Waals surface area contributed by atoms with Crippen LogP contribution in [-0.2, 0) is 0 Å². The van der Waals surface area contributed by atoms with Crippen LogP contribution in [0.1, 0.15) is 40.2 Å². The fourth-order valence-electron chi connectivity index (χ4n) is 2.02. The minimum Gasteiger partial charge on any atom is -0.293 e. The summed E-state index contributed by atoms with van der Waals surface area (Å²) < 4.78 is 0.983. The van der Waals surface area contributed by atoms with Gasteiger partial charge in [0.2, 0.25) is 0 Å². The molecule has 0 aliphatic heterocycles. The maximum atomic E-state index is 12.1. The molecule has 1 nitrogen and oxygen atoms in total. The van der Waals surface area contributed by atoms with Crippen molar-refractivity contribution in [3.63, 3.8) is 0 Å². The van der Waals surface area contributed by atoms with Crippen LogP contribution in [0.4, 0.5) is 0 Å². The van der Waals surface area contributed by atoms with E-state index in [9.17, 15) is 4.79 Å². The summed E-state index contributed by atoms with van der Waals surface area (Å²) in [6.07, 6.45) is 4.61. The molecule has 0 saturated heterocycles. The van der Waals surface area contributed by atoms with E-state index in [-0.39, 0.29) is 0 Å². The molecule has 1 aliphatic rings. The van der Waals surface area contributed by atoms with E-state index in [1.165, 1.54) is 17.7 Å². The predicted molar refractivity (Wildman–Crippen MR) is 63.0 cm³/mol. The molecule has 1 heterocycles. The number of hydrogen-bond donors (Lipinski definition) is 0. The largest absolute Gasteiger partial charge is 0.293 e. The van der Waals surface area contributed by atoms with E-state index in [1.807, 2.05) is 13.0 Å². The lowest BCUT2D eigenvalue weighted by molar-refractivity contribution is 0.0926. The molecule has 0 bridgehead atoms. The van der Waals surface area contributed by atoms with Gasteiger partial charge in [-0.25, -0.2) is 0 Å². The van der Waals surface area contributed by atoms with Gasteiger partial charge in [-0.05, 0) is 41.8 Å². The Morgan fingerprint density at radius 3 is 2.64 bits per heavy atom. The van der Waals surface area contributed by atoms with Crippen LogP contribution in [0.15, 0.2) is 10.5 Å². The summed E-state index contributed by atoms with van der Waals surface area (Å²) >= 11 is 5.07. The Hall–Kier alpha value is -0.150. The minimum atomic E-state index is 0.296. The fraction of sp³-hybridized carbons (Fsp3) is 0.545. The van der Waals surface area contributed by atoms with Crippen LogP contribution in [-0.4, -0.2) is 5.78 Å². The first-order chi connectivity index (χ1) is 6.68. The molecule has 1 aliphatic carbocycles. The van der Waals surface area contributed by atoms with Crippen LogP contribution >= 0.6 is 27.3 Å². The van der Waals surface area contributed by atoms with Gasteiger partial charge in [-0.3, -0.25) is 4.79 Å². The molecule has 1 aromatic rings. The van der Waals surface area contributed by atoms with E-state index >= 15 is 0 Å². The Morgan fingerprint density at radius 1 is 1.50 bits per heavy atom. The maximum Gasteiger partial charge on any atom is 0.177 e. The molecular formula is C11H13BrOS. The van der Waals surface area contributed by atoms with Gasteiger partial charge in [0.1, 0.15) is 0 Å². The molecule has 0 atom stereocenters. The van der Waals surface area contributed by atoms with Gasteiger partial charge < -0.3 is 0 Å². The minimum absolute atomic E-state index is 0.296. The molecule has 0 amide bonds. The highest BCUT2D eigenvalue weighted by Crippen LogP contribution is 2.34. The van der Waals surface area contributed by atoms with Gasteiger partial charge in [0.25, 0.3) is 0 Å². The molecule has 1 saturated carbocycles. The van der Waals surface area contributed by atoms with Crippen LogP contribution in [0.3, 0.4) is 0 Å². The second kappa shape index (κ2) is 4.15. The molecule has 0 N–H and O–H groups in total. The average Bonchev–Trinajstić information content (AvgIpc) is 2.73. The van der Waals surface area contributed by atoms with Gasteiger partial charge in [-0.15, -0.1) is 11.3 Å². The van der Waals surface area contributed by atoms with Gasteiger partial charge in [0.05, 0.1) is 4.88 Å². The number of thiophene rings is 1. The quantitative estimate of drug-likeness (QED) is 0.738. The number of halogens is 1. The molecule has 0 radical (unpaired) electrons. The highest BCUT2D eigenvalue weighted by molar-refractivity contribution is 9.10. The van der Waals surface area contributed by atoms with Crippen molar-refractivity contribution in [1.29, 1.82) is 0 Å². The summed E-state index contributed by atoms with van der Waals surface area (Å²) in [5.74, 6) is 0.650. The maximum absolute atomic E-state index is 12.1. The van der Waals surface area contributed by atoms with Gasteiger partial charge >= 0.3 is 0 Å². The fourth-order valence-corrected chi connectivity index (χ4v) is 3.88. The predicted octanol–water partition coefficient (Wildman–Crippen LogP) is 4.19. The average molecular weight is 273 g/mol. The van der Waals surface area contributed by atoms with Gasteiger partial charge in [-0.2, -0.15) is 0 Å². The van der Waals surface area contributed by atoms with Crippen molar-refractivity contribution in [3.8, 4) is 0 Å². The van der Waals surface area contributed by atoms with Gasteiger partial charge in [-0.1, -0.05) is 12.8 Å². The zero-order valence-corrected chi connectivity index (χ0v) is 10.6. The number of hydrogen-bond acceptors (Lipinski definition) is 2. The van der Waals surface area contributed by atoms with E-state index in [4.69, 9.17) is 0 Å². The lowest BCUT2D eigenvalue weighted by Gasteiger charge is -2.05. The SMILES string of the molecule is Cc1cc(Br)c(C(=O)C2CCCC2)s1. The first-order valence-corrected chi connectivity index (χ1v) is 6.59. The molecule has 3 heteroatoms. The third-order valence-corrected chi connectivity index (χ3v) is 4.71. The first-order valence-electron chi connectivity index (χ1n) is 4.98. The Balaban J connectivity index is 2.21. The molecule has 14 heavy (non-hydrogen) atoms. The van der Waals surface area contributed by atoms with E-state index in [0.29, 0.717) is 11.7 Å². The number of carbonyl (C=O) groups excluding carboxylic acids is 1. The van der Waals surface area contributed by atoms with E-state index in [1.54, 1.807) is 11.3 Å². The van der Waals surface area contributed by atoms with Crippen molar-refractivity contribution < 1.29 is 4.79 Å². The molecule has 0 aromatic carbocycles. The molecule has 0 spiro atoms. The van der Waals surface area contributed by atoms with Crippen molar-refractivity contribution in [3.05, 3.63) is 20.3 Å². The van der Waals surface area contributed by atoms with Crippen LogP contribution in [0, 0.1) is 12.8 Å². The van der Waals surface area contributed by atoms with Gasteiger partial charge in [0.15, 0.2) is 5.78 Å². The van der Waals surface area contributed by atoms with Crippen molar-refractivity contribution in [2.45, 2.75) is 32.6 Å². The summed E-state index contributed by atoms with van der Waals surface area (Å²) in [7, 11) is 0. The monoisotopic (exact) mass is 272 g/mol. The lowest BCUT2D eigenvalue weighted by atomic mass is 10.0. The smallest absolute Gasteiger partial charge is 0.177 e. The van der Waals surface area contributed by atoms with E-state index in [0.717, 1.165) is 22.2 Å². The normalized spacial score (nSPS) is 17.6. The lowest BCUT2D eigenvalue weighted by Crippen LogP contribution is -2.09. The number of rotatable bonds is 2. The second-order valence-corrected chi connectivity index (χ2v) is 5.99. The van der Waals surface area contributed by atoms with Crippen LogP contribution < -0.4 is 0 Å². The summed E-state index contributed by atoms with van der Waals surface area (Å²) in [4.78, 5) is 14.2. The van der Waals surface area contributed by atoms with Crippen LogP contribution in [0.25, 0.3) is 0 Å². The van der Waals surface area contributed by atoms with Crippen LogP contribution in [0.5, 0.6) is 0 Å². The Kier molecular flexibility index (Phi) is 3.07. The molecule has 0 unspecified atom stereocenters.